The van der Waals surface area contributed by atoms with E-state index in [9.17, 15) is 0 Å². The Kier molecular flexibility index (Phi) is 3.60. The average Bonchev–Trinajstić information content (AvgIpc) is 2.31. The SMILES string of the molecule is NCc1ccnc(CN2CCOCC2)n1. The van der Waals surface area contributed by atoms with E-state index < -0.39 is 0 Å². The summed E-state index contributed by atoms with van der Waals surface area (Å²) in [5.41, 5.74) is 6.42. The van der Waals surface area contributed by atoms with Crippen LogP contribution in [0.4, 0.5) is 0 Å². The van der Waals surface area contributed by atoms with Gasteiger partial charge in [-0.05, 0) is 6.07 Å². The third kappa shape index (κ3) is 2.95. The summed E-state index contributed by atoms with van der Waals surface area (Å²) in [7, 11) is 0. The Bertz CT molecular complexity index is 312. The van der Waals surface area contributed by atoms with Crippen LogP contribution < -0.4 is 5.73 Å². The molecule has 0 aromatic carbocycles. The summed E-state index contributed by atoms with van der Waals surface area (Å²) in [5.74, 6) is 0.847. The molecule has 0 radical (unpaired) electrons. The fraction of sp³-hybridized carbons (Fsp3) is 0.600. The Morgan fingerprint density at radius 2 is 2.20 bits per heavy atom. The molecule has 2 N–H and O–H groups in total. The van der Waals surface area contributed by atoms with Gasteiger partial charge in [0.25, 0.3) is 0 Å². The fourth-order valence-corrected chi connectivity index (χ4v) is 1.59. The van der Waals surface area contributed by atoms with Crippen LogP contribution >= 0.6 is 0 Å². The molecule has 0 aliphatic carbocycles. The van der Waals surface area contributed by atoms with Crippen LogP contribution in [0.5, 0.6) is 0 Å². The van der Waals surface area contributed by atoms with Gasteiger partial charge in [0.1, 0.15) is 5.82 Å². The van der Waals surface area contributed by atoms with Gasteiger partial charge in [-0.3, -0.25) is 4.90 Å². The standard InChI is InChI=1S/C10H16N4O/c11-7-9-1-2-12-10(13-9)8-14-3-5-15-6-4-14/h1-2H,3-8,11H2. The first-order chi connectivity index (χ1) is 7.38. The lowest BCUT2D eigenvalue weighted by molar-refractivity contribution is 0.0330. The van der Waals surface area contributed by atoms with Crippen LogP contribution in [-0.4, -0.2) is 41.2 Å². The van der Waals surface area contributed by atoms with Crippen LogP contribution in [0.1, 0.15) is 11.5 Å². The van der Waals surface area contributed by atoms with Crippen molar-refractivity contribution in [1.29, 1.82) is 0 Å². The predicted octanol–water partition coefficient (Wildman–Crippen LogP) is -0.232. The van der Waals surface area contributed by atoms with Gasteiger partial charge in [0, 0.05) is 25.8 Å². The highest BCUT2D eigenvalue weighted by Crippen LogP contribution is 2.03. The lowest BCUT2D eigenvalue weighted by atomic mass is 10.3. The summed E-state index contributed by atoms with van der Waals surface area (Å²) in [4.78, 5) is 10.9. The lowest BCUT2D eigenvalue weighted by Crippen LogP contribution is -2.36. The van der Waals surface area contributed by atoms with Crippen molar-refractivity contribution in [2.75, 3.05) is 26.3 Å². The first kappa shape index (κ1) is 10.5. The number of hydrogen-bond acceptors (Lipinski definition) is 5. The second-order valence-corrected chi connectivity index (χ2v) is 3.56. The maximum atomic E-state index is 5.53. The summed E-state index contributed by atoms with van der Waals surface area (Å²) in [6.07, 6.45) is 1.77. The molecule has 1 aromatic rings. The van der Waals surface area contributed by atoms with Crippen molar-refractivity contribution in [2.45, 2.75) is 13.1 Å². The van der Waals surface area contributed by atoms with E-state index in [0.29, 0.717) is 6.54 Å². The predicted molar refractivity (Wildman–Crippen MR) is 56.0 cm³/mol. The van der Waals surface area contributed by atoms with Gasteiger partial charge in [-0.1, -0.05) is 0 Å². The molecule has 1 aliphatic rings. The fourth-order valence-electron chi connectivity index (χ4n) is 1.59. The minimum absolute atomic E-state index is 0.471. The molecule has 1 aliphatic heterocycles. The van der Waals surface area contributed by atoms with Gasteiger partial charge < -0.3 is 10.5 Å². The average molecular weight is 208 g/mol. The molecule has 0 bridgehead atoms. The van der Waals surface area contributed by atoms with Gasteiger partial charge in [0.2, 0.25) is 0 Å². The molecule has 2 rings (SSSR count). The number of rotatable bonds is 3. The van der Waals surface area contributed by atoms with Crippen LogP contribution in [0.15, 0.2) is 12.3 Å². The van der Waals surface area contributed by atoms with Crippen molar-refractivity contribution in [1.82, 2.24) is 14.9 Å². The number of morpholine rings is 1. The Morgan fingerprint density at radius 3 is 2.93 bits per heavy atom. The van der Waals surface area contributed by atoms with Crippen LogP contribution in [0.3, 0.4) is 0 Å². The molecule has 2 heterocycles. The van der Waals surface area contributed by atoms with Crippen LogP contribution in [-0.2, 0) is 17.8 Å². The molecule has 0 spiro atoms. The summed E-state index contributed by atoms with van der Waals surface area (Å²) >= 11 is 0. The third-order valence-electron chi connectivity index (χ3n) is 2.44. The number of nitrogens with two attached hydrogens (primary N) is 1. The summed E-state index contributed by atoms with van der Waals surface area (Å²) in [6, 6.07) is 1.85. The Morgan fingerprint density at radius 1 is 1.40 bits per heavy atom. The van der Waals surface area contributed by atoms with E-state index >= 15 is 0 Å². The first-order valence-electron chi connectivity index (χ1n) is 5.19. The van der Waals surface area contributed by atoms with Crippen molar-refractivity contribution in [3.05, 3.63) is 23.8 Å². The zero-order valence-corrected chi connectivity index (χ0v) is 8.72. The Hall–Kier alpha value is -1.04. The molecule has 1 aromatic heterocycles. The molecular weight excluding hydrogens is 192 g/mol. The van der Waals surface area contributed by atoms with E-state index in [1.807, 2.05) is 6.07 Å². The zero-order chi connectivity index (χ0) is 10.5. The monoisotopic (exact) mass is 208 g/mol. The van der Waals surface area contributed by atoms with Crippen molar-refractivity contribution in [3.8, 4) is 0 Å². The Labute approximate surface area is 89.3 Å². The second-order valence-electron chi connectivity index (χ2n) is 3.56. The molecular formula is C10H16N4O. The van der Waals surface area contributed by atoms with Crippen LogP contribution in [0.25, 0.3) is 0 Å². The van der Waals surface area contributed by atoms with Gasteiger partial charge in [-0.15, -0.1) is 0 Å². The van der Waals surface area contributed by atoms with Crippen molar-refractivity contribution >= 4 is 0 Å². The summed E-state index contributed by atoms with van der Waals surface area (Å²) in [5, 5.41) is 0. The van der Waals surface area contributed by atoms with E-state index in [1.165, 1.54) is 0 Å². The number of aromatic nitrogens is 2. The maximum Gasteiger partial charge on any atom is 0.142 e. The van der Waals surface area contributed by atoms with Crippen LogP contribution in [0.2, 0.25) is 0 Å². The van der Waals surface area contributed by atoms with Gasteiger partial charge >= 0.3 is 0 Å². The van der Waals surface area contributed by atoms with Gasteiger partial charge in [-0.25, -0.2) is 9.97 Å². The van der Waals surface area contributed by atoms with E-state index in [-0.39, 0.29) is 0 Å². The molecule has 5 nitrogen and oxygen atoms in total. The number of nitrogens with zero attached hydrogens (tertiary/aromatic N) is 3. The molecule has 1 saturated heterocycles. The topological polar surface area (TPSA) is 64.3 Å². The molecule has 0 amide bonds. The quantitative estimate of drug-likeness (QED) is 0.743. The minimum atomic E-state index is 0.471. The molecule has 0 unspecified atom stereocenters. The summed E-state index contributed by atoms with van der Waals surface area (Å²) in [6.45, 7) is 4.77. The molecule has 15 heavy (non-hydrogen) atoms. The third-order valence-corrected chi connectivity index (χ3v) is 2.44. The smallest absolute Gasteiger partial charge is 0.142 e. The molecule has 5 heteroatoms. The highest BCUT2D eigenvalue weighted by Gasteiger charge is 2.11. The van der Waals surface area contributed by atoms with Crippen molar-refractivity contribution in [3.63, 3.8) is 0 Å². The minimum Gasteiger partial charge on any atom is -0.379 e. The van der Waals surface area contributed by atoms with E-state index in [1.54, 1.807) is 6.20 Å². The zero-order valence-electron chi connectivity index (χ0n) is 8.72. The van der Waals surface area contributed by atoms with E-state index in [2.05, 4.69) is 14.9 Å². The van der Waals surface area contributed by atoms with Crippen molar-refractivity contribution in [2.24, 2.45) is 5.73 Å². The molecule has 0 saturated carbocycles. The van der Waals surface area contributed by atoms with Gasteiger partial charge in [0.15, 0.2) is 0 Å². The normalized spacial score (nSPS) is 17.9. The lowest BCUT2D eigenvalue weighted by Gasteiger charge is -2.25. The van der Waals surface area contributed by atoms with Crippen molar-refractivity contribution < 1.29 is 4.74 Å². The number of hydrogen-bond donors (Lipinski definition) is 1. The summed E-state index contributed by atoms with van der Waals surface area (Å²) < 4.78 is 5.28. The molecule has 82 valence electrons. The van der Waals surface area contributed by atoms with Gasteiger partial charge in [0.05, 0.1) is 25.5 Å². The van der Waals surface area contributed by atoms with Gasteiger partial charge in [-0.2, -0.15) is 0 Å². The molecule has 0 atom stereocenters. The van der Waals surface area contributed by atoms with E-state index in [0.717, 1.165) is 44.4 Å². The maximum absolute atomic E-state index is 5.53. The number of ether oxygens (including phenoxy) is 1. The first-order valence-corrected chi connectivity index (χ1v) is 5.19. The van der Waals surface area contributed by atoms with E-state index in [4.69, 9.17) is 10.5 Å². The van der Waals surface area contributed by atoms with Crippen LogP contribution in [0, 0.1) is 0 Å². The molecule has 1 fully saturated rings. The second kappa shape index (κ2) is 5.16. The highest BCUT2D eigenvalue weighted by molar-refractivity contribution is 5.01. The Balaban J connectivity index is 1.96. The largest absolute Gasteiger partial charge is 0.379 e. The highest BCUT2D eigenvalue weighted by atomic mass is 16.5.